The van der Waals surface area contributed by atoms with Crippen molar-refractivity contribution in [3.63, 3.8) is 0 Å². The SMILES string of the molecule is C/C=C\c1ccc(NC(=O)c2cc(-c3ccccc3)nc3ccccc23)cc1C. The third kappa shape index (κ3) is 3.94. The molecule has 1 aromatic heterocycles. The lowest BCUT2D eigenvalue weighted by molar-refractivity contribution is 0.102. The van der Waals surface area contributed by atoms with Crippen molar-refractivity contribution in [2.24, 2.45) is 0 Å². The summed E-state index contributed by atoms with van der Waals surface area (Å²) in [6.07, 6.45) is 4.07. The number of rotatable bonds is 4. The largest absolute Gasteiger partial charge is 0.322 e. The summed E-state index contributed by atoms with van der Waals surface area (Å²) in [4.78, 5) is 17.9. The first kappa shape index (κ1) is 18.6. The molecule has 1 heterocycles. The van der Waals surface area contributed by atoms with Crippen LogP contribution in [0, 0.1) is 6.92 Å². The highest BCUT2D eigenvalue weighted by molar-refractivity contribution is 6.13. The van der Waals surface area contributed by atoms with Crippen molar-refractivity contribution in [1.82, 2.24) is 4.98 Å². The van der Waals surface area contributed by atoms with Gasteiger partial charge in [0.15, 0.2) is 0 Å². The summed E-state index contributed by atoms with van der Waals surface area (Å²) >= 11 is 0. The van der Waals surface area contributed by atoms with Crippen LogP contribution >= 0.6 is 0 Å². The predicted molar refractivity (Wildman–Crippen MR) is 121 cm³/mol. The van der Waals surface area contributed by atoms with Gasteiger partial charge in [-0.25, -0.2) is 4.98 Å². The van der Waals surface area contributed by atoms with Crippen molar-refractivity contribution < 1.29 is 4.79 Å². The summed E-state index contributed by atoms with van der Waals surface area (Å²) < 4.78 is 0. The number of hydrogen-bond donors (Lipinski definition) is 1. The molecule has 0 radical (unpaired) electrons. The van der Waals surface area contributed by atoms with Crippen LogP contribution in [0.2, 0.25) is 0 Å². The Balaban J connectivity index is 1.74. The van der Waals surface area contributed by atoms with Crippen LogP contribution < -0.4 is 5.32 Å². The van der Waals surface area contributed by atoms with Crippen LogP contribution in [-0.4, -0.2) is 10.9 Å². The fourth-order valence-corrected chi connectivity index (χ4v) is 3.44. The number of hydrogen-bond acceptors (Lipinski definition) is 2. The molecule has 0 saturated heterocycles. The van der Waals surface area contributed by atoms with Crippen LogP contribution in [0.25, 0.3) is 28.2 Å². The number of aryl methyl sites for hydroxylation is 1. The molecule has 1 N–H and O–H groups in total. The van der Waals surface area contributed by atoms with E-state index in [9.17, 15) is 4.79 Å². The van der Waals surface area contributed by atoms with Gasteiger partial charge in [0, 0.05) is 16.6 Å². The number of nitrogens with one attached hydrogen (secondary N) is 1. The van der Waals surface area contributed by atoms with Crippen LogP contribution in [0.5, 0.6) is 0 Å². The molecule has 3 nitrogen and oxygen atoms in total. The van der Waals surface area contributed by atoms with Gasteiger partial charge in [0.2, 0.25) is 0 Å². The number of fused-ring (bicyclic) bond motifs is 1. The lowest BCUT2D eigenvalue weighted by Gasteiger charge is -2.12. The maximum absolute atomic E-state index is 13.2. The molecule has 0 unspecified atom stereocenters. The number of carbonyl (C=O) groups excluding carboxylic acids is 1. The van der Waals surface area contributed by atoms with Crippen molar-refractivity contribution >= 4 is 28.6 Å². The smallest absolute Gasteiger partial charge is 0.256 e. The van der Waals surface area contributed by atoms with Gasteiger partial charge in [0.1, 0.15) is 0 Å². The molecule has 142 valence electrons. The van der Waals surface area contributed by atoms with Crippen LogP contribution in [0.4, 0.5) is 5.69 Å². The quantitative estimate of drug-likeness (QED) is 0.441. The van der Waals surface area contributed by atoms with E-state index in [0.29, 0.717) is 5.56 Å². The standard InChI is InChI=1S/C26H22N2O/c1-3-9-19-14-15-21(16-18(19)2)27-26(29)23-17-25(20-10-5-4-6-11-20)28-24-13-8-7-12-22(23)24/h3-17H,1-2H3,(H,27,29)/b9-3-. The third-order valence-electron chi connectivity index (χ3n) is 4.90. The molecule has 3 aromatic carbocycles. The number of nitrogens with zero attached hydrogens (tertiary/aromatic N) is 1. The molecule has 4 rings (SSSR count). The topological polar surface area (TPSA) is 42.0 Å². The zero-order valence-electron chi connectivity index (χ0n) is 16.5. The maximum atomic E-state index is 13.2. The molecule has 29 heavy (non-hydrogen) atoms. The van der Waals surface area contributed by atoms with Crippen LogP contribution in [0.15, 0.2) is 84.9 Å². The molecule has 0 spiro atoms. The number of pyridine rings is 1. The Hall–Kier alpha value is -3.72. The van der Waals surface area contributed by atoms with E-state index in [4.69, 9.17) is 4.98 Å². The molecule has 0 aliphatic rings. The summed E-state index contributed by atoms with van der Waals surface area (Å²) in [5.41, 5.74) is 6.23. The van der Waals surface area contributed by atoms with E-state index in [-0.39, 0.29) is 5.91 Å². The third-order valence-corrected chi connectivity index (χ3v) is 4.90. The van der Waals surface area contributed by atoms with Crippen molar-refractivity contribution in [2.75, 3.05) is 5.32 Å². The Kier molecular flexibility index (Phi) is 5.21. The Morgan fingerprint density at radius 3 is 2.45 bits per heavy atom. The molecule has 0 aliphatic carbocycles. The van der Waals surface area contributed by atoms with Crippen LogP contribution in [-0.2, 0) is 0 Å². The molecule has 0 aliphatic heterocycles. The number of amides is 1. The summed E-state index contributed by atoms with van der Waals surface area (Å²) in [6, 6.07) is 25.5. The van der Waals surface area contributed by atoms with Gasteiger partial charge in [-0.1, -0.05) is 66.7 Å². The Bertz CT molecular complexity index is 1210. The molecule has 0 fully saturated rings. The minimum absolute atomic E-state index is 0.140. The first-order valence-electron chi connectivity index (χ1n) is 9.65. The summed E-state index contributed by atoms with van der Waals surface area (Å²) in [5.74, 6) is -0.140. The number of anilines is 1. The van der Waals surface area contributed by atoms with Gasteiger partial charge in [-0.15, -0.1) is 0 Å². The summed E-state index contributed by atoms with van der Waals surface area (Å²) in [5, 5.41) is 3.89. The fourth-order valence-electron chi connectivity index (χ4n) is 3.44. The highest BCUT2D eigenvalue weighted by atomic mass is 16.1. The average molecular weight is 378 g/mol. The van der Waals surface area contributed by atoms with Gasteiger partial charge < -0.3 is 5.32 Å². The van der Waals surface area contributed by atoms with Gasteiger partial charge in [-0.3, -0.25) is 4.79 Å². The predicted octanol–water partition coefficient (Wildman–Crippen LogP) is 6.50. The Morgan fingerprint density at radius 2 is 1.69 bits per heavy atom. The normalized spacial score (nSPS) is 11.1. The minimum atomic E-state index is -0.140. The second-order valence-electron chi connectivity index (χ2n) is 6.96. The highest BCUT2D eigenvalue weighted by Crippen LogP contribution is 2.26. The van der Waals surface area contributed by atoms with E-state index in [2.05, 4.69) is 11.4 Å². The minimum Gasteiger partial charge on any atom is -0.322 e. The van der Waals surface area contributed by atoms with E-state index in [1.54, 1.807) is 0 Å². The van der Waals surface area contributed by atoms with Gasteiger partial charge in [0.25, 0.3) is 5.91 Å². The van der Waals surface area contributed by atoms with Crippen molar-refractivity contribution in [3.05, 3.63) is 102 Å². The number of carbonyl (C=O) groups is 1. The maximum Gasteiger partial charge on any atom is 0.256 e. The molecule has 0 atom stereocenters. The molecule has 0 bridgehead atoms. The zero-order chi connectivity index (χ0) is 20.2. The monoisotopic (exact) mass is 378 g/mol. The second kappa shape index (κ2) is 8.11. The molecule has 3 heteroatoms. The number of aromatic nitrogens is 1. The van der Waals surface area contributed by atoms with E-state index in [1.807, 2.05) is 98.8 Å². The van der Waals surface area contributed by atoms with Crippen molar-refractivity contribution in [1.29, 1.82) is 0 Å². The second-order valence-corrected chi connectivity index (χ2v) is 6.96. The van der Waals surface area contributed by atoms with Crippen molar-refractivity contribution in [3.8, 4) is 11.3 Å². The van der Waals surface area contributed by atoms with E-state index < -0.39 is 0 Å². The first-order valence-corrected chi connectivity index (χ1v) is 9.65. The summed E-state index contributed by atoms with van der Waals surface area (Å²) in [6.45, 7) is 4.04. The average Bonchev–Trinajstić information content (AvgIpc) is 2.75. The van der Waals surface area contributed by atoms with Crippen molar-refractivity contribution in [2.45, 2.75) is 13.8 Å². The summed E-state index contributed by atoms with van der Waals surface area (Å²) in [7, 11) is 0. The Morgan fingerprint density at radius 1 is 0.931 bits per heavy atom. The number of benzene rings is 3. The molecule has 0 saturated carbocycles. The van der Waals surface area contributed by atoms with Crippen LogP contribution in [0.1, 0.15) is 28.4 Å². The van der Waals surface area contributed by atoms with Crippen LogP contribution in [0.3, 0.4) is 0 Å². The van der Waals surface area contributed by atoms with E-state index in [1.165, 1.54) is 0 Å². The van der Waals surface area contributed by atoms with Gasteiger partial charge in [0.05, 0.1) is 16.8 Å². The molecular weight excluding hydrogens is 356 g/mol. The Labute approximate surface area is 170 Å². The lowest BCUT2D eigenvalue weighted by atomic mass is 10.0. The van der Waals surface area contributed by atoms with Gasteiger partial charge in [-0.2, -0.15) is 0 Å². The lowest BCUT2D eigenvalue weighted by Crippen LogP contribution is -2.13. The zero-order valence-corrected chi connectivity index (χ0v) is 16.5. The number of para-hydroxylation sites is 1. The van der Waals surface area contributed by atoms with Gasteiger partial charge >= 0.3 is 0 Å². The van der Waals surface area contributed by atoms with Gasteiger partial charge in [-0.05, 0) is 49.2 Å². The highest BCUT2D eigenvalue weighted by Gasteiger charge is 2.14. The van der Waals surface area contributed by atoms with E-state index >= 15 is 0 Å². The molecular formula is C26H22N2O. The van der Waals surface area contributed by atoms with E-state index in [0.717, 1.165) is 39.0 Å². The first-order chi connectivity index (χ1) is 14.2. The molecule has 1 amide bonds. The molecule has 4 aromatic rings. The fraction of sp³-hybridized carbons (Fsp3) is 0.0769. The number of allylic oxidation sites excluding steroid dienone is 1.